The lowest BCUT2D eigenvalue weighted by atomic mass is 10.1. The van der Waals surface area contributed by atoms with Gasteiger partial charge in [-0.3, -0.25) is 4.79 Å². The lowest BCUT2D eigenvalue weighted by molar-refractivity contribution is -0.116. The van der Waals surface area contributed by atoms with E-state index in [2.05, 4.69) is 24.5 Å². The third kappa shape index (κ3) is 7.89. The van der Waals surface area contributed by atoms with Gasteiger partial charge in [-0.15, -0.1) is 0 Å². The van der Waals surface area contributed by atoms with Crippen LogP contribution in [0.4, 0.5) is 5.69 Å². The zero-order chi connectivity index (χ0) is 18.8. The van der Waals surface area contributed by atoms with Crippen molar-refractivity contribution in [2.75, 3.05) is 18.4 Å². The van der Waals surface area contributed by atoms with E-state index in [9.17, 15) is 4.79 Å². The number of hydrogen-bond donors (Lipinski definition) is 2. The van der Waals surface area contributed by atoms with E-state index in [4.69, 9.17) is 16.3 Å². The summed E-state index contributed by atoms with van der Waals surface area (Å²) in [7, 11) is 0. The van der Waals surface area contributed by atoms with Gasteiger partial charge in [-0.05, 0) is 60.8 Å². The number of carbonyl (C=O) groups excluding carboxylic acids is 1. The smallest absolute Gasteiger partial charge is 0.225 e. The Labute approximate surface area is 160 Å². The summed E-state index contributed by atoms with van der Waals surface area (Å²) >= 11 is 5.87. The Hall–Kier alpha value is -2.04. The van der Waals surface area contributed by atoms with Gasteiger partial charge in [0.15, 0.2) is 0 Å². The zero-order valence-corrected chi connectivity index (χ0v) is 16.2. The molecule has 0 radical (unpaired) electrons. The van der Waals surface area contributed by atoms with E-state index < -0.39 is 0 Å². The fourth-order valence-electron chi connectivity index (χ4n) is 2.32. The zero-order valence-electron chi connectivity index (χ0n) is 15.4. The van der Waals surface area contributed by atoms with Crippen LogP contribution in [-0.4, -0.2) is 19.0 Å². The van der Waals surface area contributed by atoms with Gasteiger partial charge in [-0.25, -0.2) is 0 Å². The number of halogens is 1. The molecule has 26 heavy (non-hydrogen) atoms. The normalized spacial score (nSPS) is 10.8. The van der Waals surface area contributed by atoms with Crippen molar-refractivity contribution in [3.63, 3.8) is 0 Å². The topological polar surface area (TPSA) is 50.4 Å². The molecule has 0 fully saturated rings. The van der Waals surface area contributed by atoms with Crippen LogP contribution in [0.15, 0.2) is 48.5 Å². The first-order valence-corrected chi connectivity index (χ1v) is 9.38. The van der Waals surface area contributed by atoms with E-state index in [1.807, 2.05) is 48.5 Å². The minimum atomic E-state index is 0.0110. The standard InChI is InChI=1S/C21H27ClN2O2/c1-16(2)11-13-23-14-12-21(25)24-19-7-9-20(10-8-19)26-15-17-3-5-18(22)6-4-17/h3-10,16,23H,11-15H2,1-2H3,(H,24,25). The monoisotopic (exact) mass is 374 g/mol. The molecule has 0 saturated heterocycles. The Balaban J connectivity index is 1.69. The molecule has 0 aliphatic carbocycles. The van der Waals surface area contributed by atoms with E-state index in [1.165, 1.54) is 0 Å². The molecule has 0 bridgehead atoms. The lowest BCUT2D eigenvalue weighted by Gasteiger charge is -2.09. The van der Waals surface area contributed by atoms with Gasteiger partial charge in [-0.2, -0.15) is 0 Å². The Bertz CT molecular complexity index is 669. The van der Waals surface area contributed by atoms with E-state index in [0.717, 1.165) is 30.0 Å². The van der Waals surface area contributed by atoms with Crippen LogP contribution in [0.5, 0.6) is 5.75 Å². The van der Waals surface area contributed by atoms with Crippen LogP contribution in [0, 0.1) is 5.92 Å². The number of benzene rings is 2. The van der Waals surface area contributed by atoms with Crippen LogP contribution in [0.3, 0.4) is 0 Å². The molecule has 0 aromatic heterocycles. The van der Waals surface area contributed by atoms with Crippen molar-refractivity contribution in [2.45, 2.75) is 33.3 Å². The summed E-state index contributed by atoms with van der Waals surface area (Å²) in [6.45, 7) is 6.50. The molecule has 1 amide bonds. The van der Waals surface area contributed by atoms with Gasteiger partial charge in [0.25, 0.3) is 0 Å². The first-order chi connectivity index (χ1) is 12.5. The van der Waals surface area contributed by atoms with Crippen molar-refractivity contribution in [1.29, 1.82) is 0 Å². The molecule has 2 aromatic rings. The van der Waals surface area contributed by atoms with Crippen LogP contribution in [-0.2, 0) is 11.4 Å². The van der Waals surface area contributed by atoms with Crippen molar-refractivity contribution in [3.8, 4) is 5.75 Å². The highest BCUT2D eigenvalue weighted by molar-refractivity contribution is 6.30. The molecule has 0 atom stereocenters. The highest BCUT2D eigenvalue weighted by Crippen LogP contribution is 2.18. The van der Waals surface area contributed by atoms with Crippen molar-refractivity contribution >= 4 is 23.2 Å². The maximum absolute atomic E-state index is 11.9. The molecule has 0 aliphatic rings. The van der Waals surface area contributed by atoms with Crippen molar-refractivity contribution in [3.05, 3.63) is 59.1 Å². The molecular formula is C21H27ClN2O2. The van der Waals surface area contributed by atoms with Crippen LogP contribution >= 0.6 is 11.6 Å². The minimum absolute atomic E-state index is 0.0110. The van der Waals surface area contributed by atoms with Crippen molar-refractivity contribution < 1.29 is 9.53 Å². The van der Waals surface area contributed by atoms with Crippen LogP contribution < -0.4 is 15.4 Å². The van der Waals surface area contributed by atoms with Crippen molar-refractivity contribution in [2.24, 2.45) is 5.92 Å². The van der Waals surface area contributed by atoms with E-state index in [0.29, 0.717) is 30.5 Å². The van der Waals surface area contributed by atoms with E-state index in [-0.39, 0.29) is 5.91 Å². The minimum Gasteiger partial charge on any atom is -0.489 e. The predicted molar refractivity (Wildman–Crippen MR) is 108 cm³/mol. The van der Waals surface area contributed by atoms with Gasteiger partial charge >= 0.3 is 0 Å². The SMILES string of the molecule is CC(C)CCNCCC(=O)Nc1ccc(OCc2ccc(Cl)cc2)cc1. The maximum Gasteiger partial charge on any atom is 0.225 e. The van der Waals surface area contributed by atoms with Crippen LogP contribution in [0.2, 0.25) is 5.02 Å². The maximum atomic E-state index is 11.9. The molecule has 0 heterocycles. The number of anilines is 1. The summed E-state index contributed by atoms with van der Waals surface area (Å²) in [5, 5.41) is 6.90. The Morgan fingerprint density at radius 1 is 1.04 bits per heavy atom. The van der Waals surface area contributed by atoms with Gasteiger partial charge < -0.3 is 15.4 Å². The summed E-state index contributed by atoms with van der Waals surface area (Å²) < 4.78 is 5.74. The molecule has 0 aliphatic heterocycles. The van der Waals surface area contributed by atoms with Crippen LogP contribution in [0.1, 0.15) is 32.3 Å². The number of hydrogen-bond acceptors (Lipinski definition) is 3. The molecule has 2 N–H and O–H groups in total. The third-order valence-corrected chi connectivity index (χ3v) is 4.14. The second kappa shape index (κ2) is 10.8. The van der Waals surface area contributed by atoms with Gasteiger partial charge in [0, 0.05) is 23.7 Å². The average Bonchev–Trinajstić information content (AvgIpc) is 2.62. The Morgan fingerprint density at radius 3 is 2.38 bits per heavy atom. The molecule has 4 nitrogen and oxygen atoms in total. The van der Waals surface area contributed by atoms with Crippen LogP contribution in [0.25, 0.3) is 0 Å². The fourth-order valence-corrected chi connectivity index (χ4v) is 2.45. The molecular weight excluding hydrogens is 348 g/mol. The molecule has 140 valence electrons. The number of rotatable bonds is 10. The highest BCUT2D eigenvalue weighted by Gasteiger charge is 2.03. The lowest BCUT2D eigenvalue weighted by Crippen LogP contribution is -2.23. The average molecular weight is 375 g/mol. The Kier molecular flexibility index (Phi) is 8.45. The summed E-state index contributed by atoms with van der Waals surface area (Å²) in [5.41, 5.74) is 1.83. The number of amides is 1. The third-order valence-electron chi connectivity index (χ3n) is 3.88. The Morgan fingerprint density at radius 2 is 1.73 bits per heavy atom. The molecule has 2 rings (SSSR count). The molecule has 5 heteroatoms. The first kappa shape index (κ1) is 20.3. The molecule has 0 spiro atoms. The summed E-state index contributed by atoms with van der Waals surface area (Å²) in [6, 6.07) is 15.0. The van der Waals surface area contributed by atoms with E-state index in [1.54, 1.807) is 0 Å². The van der Waals surface area contributed by atoms with Gasteiger partial charge in [0.1, 0.15) is 12.4 Å². The summed E-state index contributed by atoms with van der Waals surface area (Å²) in [4.78, 5) is 11.9. The first-order valence-electron chi connectivity index (χ1n) is 9.01. The molecule has 2 aromatic carbocycles. The fraction of sp³-hybridized carbons (Fsp3) is 0.381. The van der Waals surface area contributed by atoms with Gasteiger partial charge in [0.2, 0.25) is 5.91 Å². The number of nitrogens with one attached hydrogen (secondary N) is 2. The predicted octanol–water partition coefficient (Wildman–Crippen LogP) is 4.88. The second-order valence-corrected chi connectivity index (χ2v) is 7.11. The molecule has 0 saturated carbocycles. The quantitative estimate of drug-likeness (QED) is 0.582. The van der Waals surface area contributed by atoms with Gasteiger partial charge in [0.05, 0.1) is 0 Å². The number of ether oxygens (including phenoxy) is 1. The van der Waals surface area contributed by atoms with Gasteiger partial charge in [-0.1, -0.05) is 37.6 Å². The second-order valence-electron chi connectivity index (χ2n) is 6.67. The molecule has 0 unspecified atom stereocenters. The summed E-state index contributed by atoms with van der Waals surface area (Å²) in [5.74, 6) is 1.45. The number of carbonyl (C=O) groups is 1. The van der Waals surface area contributed by atoms with Crippen molar-refractivity contribution in [1.82, 2.24) is 5.32 Å². The summed E-state index contributed by atoms with van der Waals surface area (Å²) in [6.07, 6.45) is 1.59. The highest BCUT2D eigenvalue weighted by atomic mass is 35.5. The largest absolute Gasteiger partial charge is 0.489 e. The van der Waals surface area contributed by atoms with E-state index >= 15 is 0 Å².